The molecular formula is C27H34N2O5. The summed E-state index contributed by atoms with van der Waals surface area (Å²) < 4.78 is 5.55. The van der Waals surface area contributed by atoms with Gasteiger partial charge in [0.15, 0.2) is 0 Å². The minimum absolute atomic E-state index is 0.0361. The fourth-order valence-corrected chi connectivity index (χ4v) is 3.90. The molecule has 2 aromatic carbocycles. The van der Waals surface area contributed by atoms with Gasteiger partial charge in [-0.15, -0.1) is 0 Å². The maximum absolute atomic E-state index is 13.0. The molecule has 1 atom stereocenters. The number of rotatable bonds is 8. The van der Waals surface area contributed by atoms with Crippen LogP contribution in [0.15, 0.2) is 48.5 Å². The van der Waals surface area contributed by atoms with E-state index in [9.17, 15) is 14.4 Å². The number of ether oxygens (including phenoxy) is 1. The Morgan fingerprint density at radius 1 is 0.941 bits per heavy atom. The highest BCUT2D eigenvalue weighted by molar-refractivity contribution is 5.87. The summed E-state index contributed by atoms with van der Waals surface area (Å²) in [6.07, 6.45) is -1.04. The Balaban J connectivity index is 1.69. The van der Waals surface area contributed by atoms with Crippen LogP contribution in [0.1, 0.15) is 64.5 Å². The molecule has 0 saturated carbocycles. The van der Waals surface area contributed by atoms with E-state index in [0.29, 0.717) is 0 Å². The number of nitrogens with one attached hydrogen (secondary N) is 2. The second-order valence-electron chi connectivity index (χ2n) is 10.3. The zero-order valence-electron chi connectivity index (χ0n) is 20.5. The van der Waals surface area contributed by atoms with Crippen molar-refractivity contribution in [3.05, 3.63) is 59.7 Å². The molecule has 2 aromatic rings. The summed E-state index contributed by atoms with van der Waals surface area (Å²) in [5.41, 5.74) is 3.59. The van der Waals surface area contributed by atoms with Gasteiger partial charge in [-0.1, -0.05) is 69.3 Å². The number of benzene rings is 2. The summed E-state index contributed by atoms with van der Waals surface area (Å²) in [7, 11) is 0. The Hall–Kier alpha value is -3.35. The molecule has 1 aliphatic carbocycles. The van der Waals surface area contributed by atoms with E-state index in [1.807, 2.05) is 71.0 Å². The molecule has 1 unspecified atom stereocenters. The number of carbonyl (C=O) groups is 3. The molecular weight excluding hydrogens is 432 g/mol. The molecule has 7 heteroatoms. The normalized spacial score (nSPS) is 14.0. The Kier molecular flexibility index (Phi) is 7.34. The van der Waals surface area contributed by atoms with Gasteiger partial charge in [-0.2, -0.15) is 0 Å². The Morgan fingerprint density at radius 2 is 1.47 bits per heavy atom. The van der Waals surface area contributed by atoms with Crippen molar-refractivity contribution in [3.63, 3.8) is 0 Å². The molecule has 0 aliphatic heterocycles. The van der Waals surface area contributed by atoms with E-state index >= 15 is 0 Å². The zero-order valence-corrected chi connectivity index (χ0v) is 20.5. The van der Waals surface area contributed by atoms with Crippen molar-refractivity contribution in [2.45, 2.75) is 65.0 Å². The fraction of sp³-hybridized carbons (Fsp3) is 0.444. The van der Waals surface area contributed by atoms with Crippen LogP contribution >= 0.6 is 0 Å². The van der Waals surface area contributed by atoms with E-state index in [2.05, 4.69) is 22.8 Å². The lowest BCUT2D eigenvalue weighted by atomic mass is 9.76. The lowest BCUT2D eigenvalue weighted by Gasteiger charge is -2.40. The first-order valence-corrected chi connectivity index (χ1v) is 11.6. The summed E-state index contributed by atoms with van der Waals surface area (Å²) in [5, 5.41) is 14.6. The molecule has 7 nitrogen and oxygen atoms in total. The van der Waals surface area contributed by atoms with E-state index in [1.54, 1.807) is 0 Å². The average molecular weight is 467 g/mol. The monoisotopic (exact) mass is 466 g/mol. The highest BCUT2D eigenvalue weighted by Gasteiger charge is 2.36. The highest BCUT2D eigenvalue weighted by atomic mass is 16.5. The molecule has 3 rings (SSSR count). The number of hydrogen-bond acceptors (Lipinski definition) is 4. The minimum atomic E-state index is -1.04. The third kappa shape index (κ3) is 5.58. The maximum Gasteiger partial charge on any atom is 0.407 e. The van der Waals surface area contributed by atoms with Crippen molar-refractivity contribution in [1.29, 1.82) is 0 Å². The molecule has 0 radical (unpaired) electrons. The molecule has 0 fully saturated rings. The minimum Gasteiger partial charge on any atom is -0.481 e. The van der Waals surface area contributed by atoms with Crippen molar-refractivity contribution in [2.24, 2.45) is 5.41 Å². The lowest BCUT2D eigenvalue weighted by molar-refractivity contribution is -0.137. The first-order chi connectivity index (χ1) is 15.9. The first-order valence-electron chi connectivity index (χ1n) is 11.6. The Labute approximate surface area is 200 Å². The van der Waals surface area contributed by atoms with E-state index in [-0.39, 0.29) is 30.8 Å². The van der Waals surface area contributed by atoms with Gasteiger partial charge in [-0.25, -0.2) is 4.79 Å². The van der Waals surface area contributed by atoms with Gasteiger partial charge in [-0.3, -0.25) is 9.59 Å². The van der Waals surface area contributed by atoms with Crippen LogP contribution in [0.2, 0.25) is 0 Å². The SMILES string of the molecule is CC(C)(C)C(C)(C)NC(=O)C(CCC(=O)O)NC(=O)OCC1c2ccccc2-c2ccccc21. The zero-order chi connectivity index (χ0) is 25.1. The molecule has 34 heavy (non-hydrogen) atoms. The summed E-state index contributed by atoms with van der Waals surface area (Å²) in [5.74, 6) is -1.58. The van der Waals surface area contributed by atoms with Crippen molar-refractivity contribution >= 4 is 18.0 Å². The maximum atomic E-state index is 13.0. The van der Waals surface area contributed by atoms with E-state index in [1.165, 1.54) is 0 Å². The predicted molar refractivity (Wildman–Crippen MR) is 131 cm³/mol. The number of hydrogen-bond donors (Lipinski definition) is 3. The van der Waals surface area contributed by atoms with Crippen molar-refractivity contribution in [1.82, 2.24) is 10.6 Å². The number of alkyl carbamates (subject to hydrolysis) is 1. The predicted octanol–water partition coefficient (Wildman–Crippen LogP) is 4.70. The highest BCUT2D eigenvalue weighted by Crippen LogP contribution is 2.44. The topological polar surface area (TPSA) is 105 Å². The van der Waals surface area contributed by atoms with Crippen LogP contribution in [0.3, 0.4) is 0 Å². The molecule has 182 valence electrons. The average Bonchev–Trinajstić information content (AvgIpc) is 3.07. The van der Waals surface area contributed by atoms with Gasteiger partial charge in [0.05, 0.1) is 0 Å². The van der Waals surface area contributed by atoms with Gasteiger partial charge in [0.1, 0.15) is 12.6 Å². The number of aliphatic carboxylic acids is 1. The fourth-order valence-electron chi connectivity index (χ4n) is 3.90. The van der Waals surface area contributed by atoms with Gasteiger partial charge in [0, 0.05) is 17.9 Å². The third-order valence-corrected chi connectivity index (χ3v) is 6.91. The number of amides is 2. The van der Waals surface area contributed by atoms with Crippen LogP contribution in [-0.4, -0.2) is 41.3 Å². The molecule has 0 saturated heterocycles. The van der Waals surface area contributed by atoms with Crippen LogP contribution in [-0.2, 0) is 14.3 Å². The van der Waals surface area contributed by atoms with Crippen LogP contribution in [0.25, 0.3) is 11.1 Å². The van der Waals surface area contributed by atoms with E-state index < -0.39 is 29.6 Å². The lowest BCUT2D eigenvalue weighted by Crippen LogP contribution is -2.58. The van der Waals surface area contributed by atoms with Crippen molar-refractivity contribution in [2.75, 3.05) is 6.61 Å². The first kappa shape index (κ1) is 25.3. The Bertz CT molecular complexity index is 1030. The van der Waals surface area contributed by atoms with Crippen molar-refractivity contribution < 1.29 is 24.2 Å². The largest absolute Gasteiger partial charge is 0.481 e. The second-order valence-corrected chi connectivity index (χ2v) is 10.3. The molecule has 0 heterocycles. The summed E-state index contributed by atoms with van der Waals surface area (Å²) in [6, 6.07) is 15.0. The summed E-state index contributed by atoms with van der Waals surface area (Å²) in [4.78, 5) is 36.8. The third-order valence-electron chi connectivity index (χ3n) is 6.91. The molecule has 0 aromatic heterocycles. The van der Waals surface area contributed by atoms with Gasteiger partial charge in [0.25, 0.3) is 0 Å². The number of fused-ring (bicyclic) bond motifs is 3. The van der Waals surface area contributed by atoms with Crippen LogP contribution in [0.4, 0.5) is 4.79 Å². The molecule has 0 bridgehead atoms. The Morgan fingerprint density at radius 3 is 1.97 bits per heavy atom. The molecule has 1 aliphatic rings. The van der Waals surface area contributed by atoms with Gasteiger partial charge in [-0.05, 0) is 47.9 Å². The van der Waals surface area contributed by atoms with Crippen LogP contribution in [0.5, 0.6) is 0 Å². The quantitative estimate of drug-likeness (QED) is 0.523. The second kappa shape index (κ2) is 9.87. The van der Waals surface area contributed by atoms with Gasteiger partial charge in [0.2, 0.25) is 5.91 Å². The molecule has 2 amide bonds. The summed E-state index contributed by atoms with van der Waals surface area (Å²) in [6.45, 7) is 9.90. The smallest absolute Gasteiger partial charge is 0.407 e. The number of carboxylic acids is 1. The molecule has 0 spiro atoms. The van der Waals surface area contributed by atoms with E-state index in [0.717, 1.165) is 22.3 Å². The van der Waals surface area contributed by atoms with Crippen LogP contribution < -0.4 is 10.6 Å². The van der Waals surface area contributed by atoms with Crippen molar-refractivity contribution in [3.8, 4) is 11.1 Å². The van der Waals surface area contributed by atoms with Gasteiger partial charge >= 0.3 is 12.1 Å². The molecule has 3 N–H and O–H groups in total. The van der Waals surface area contributed by atoms with E-state index in [4.69, 9.17) is 9.84 Å². The van der Waals surface area contributed by atoms with Crippen LogP contribution in [0, 0.1) is 5.41 Å². The van der Waals surface area contributed by atoms with Gasteiger partial charge < -0.3 is 20.5 Å². The number of carbonyl (C=O) groups excluding carboxylic acids is 2. The standard InChI is InChI=1S/C27H34N2O5/c1-26(2,3)27(4,5)29-24(32)22(14-15-23(30)31)28-25(33)34-16-21-19-12-8-6-10-17(19)18-11-7-9-13-20(18)21/h6-13,21-22H,14-16H2,1-5H3,(H,28,33)(H,29,32)(H,30,31). The number of carboxylic acid groups (broad SMARTS) is 1. The summed E-state index contributed by atoms with van der Waals surface area (Å²) >= 11 is 0.